The fourth-order valence-electron chi connectivity index (χ4n) is 1.81. The van der Waals surface area contributed by atoms with Crippen molar-refractivity contribution in [2.24, 2.45) is 5.73 Å². The van der Waals surface area contributed by atoms with Crippen LogP contribution in [0.2, 0.25) is 0 Å². The summed E-state index contributed by atoms with van der Waals surface area (Å²) in [7, 11) is 0. The monoisotopic (exact) mass is 256 g/mol. The Labute approximate surface area is 109 Å². The molecular weight excluding hydrogens is 244 g/mol. The normalized spacial score (nSPS) is 12.7. The van der Waals surface area contributed by atoms with Crippen molar-refractivity contribution < 1.29 is 0 Å². The number of hydrogen-bond acceptors (Lipinski definition) is 5. The molecule has 0 aliphatic rings. The molecule has 3 aromatic rings. The number of aromatic nitrogens is 3. The summed E-state index contributed by atoms with van der Waals surface area (Å²) >= 11 is 1.61. The van der Waals surface area contributed by atoms with E-state index >= 15 is 0 Å². The van der Waals surface area contributed by atoms with E-state index in [-0.39, 0.29) is 6.04 Å². The summed E-state index contributed by atoms with van der Waals surface area (Å²) in [6, 6.07) is 7.66. The Bertz CT molecular complexity index is 651. The van der Waals surface area contributed by atoms with Crippen LogP contribution in [0.3, 0.4) is 0 Å². The Morgan fingerprint density at radius 1 is 1.17 bits per heavy atom. The highest BCUT2D eigenvalue weighted by atomic mass is 32.1. The van der Waals surface area contributed by atoms with Gasteiger partial charge in [-0.1, -0.05) is 12.1 Å². The highest BCUT2D eigenvalue weighted by molar-refractivity contribution is 7.09. The van der Waals surface area contributed by atoms with Gasteiger partial charge in [0.25, 0.3) is 0 Å². The van der Waals surface area contributed by atoms with Crippen LogP contribution >= 0.6 is 11.3 Å². The average molecular weight is 256 g/mol. The Kier molecular flexibility index (Phi) is 3.00. The van der Waals surface area contributed by atoms with Crippen LogP contribution in [0.4, 0.5) is 0 Å². The molecule has 90 valence electrons. The van der Waals surface area contributed by atoms with Crippen molar-refractivity contribution in [1.29, 1.82) is 0 Å². The Morgan fingerprint density at radius 2 is 2.00 bits per heavy atom. The molecule has 0 aliphatic carbocycles. The third kappa shape index (κ3) is 2.23. The zero-order valence-electron chi connectivity index (χ0n) is 9.65. The van der Waals surface area contributed by atoms with Crippen LogP contribution in [0.1, 0.15) is 16.6 Å². The maximum atomic E-state index is 6.15. The van der Waals surface area contributed by atoms with Crippen LogP contribution in [-0.4, -0.2) is 15.0 Å². The SMILES string of the molecule is NC(Cc1cncs1)c1cnc2ccccc2n1. The van der Waals surface area contributed by atoms with Gasteiger partial charge in [0.05, 0.1) is 34.5 Å². The molecule has 0 saturated carbocycles. The van der Waals surface area contributed by atoms with Gasteiger partial charge in [0, 0.05) is 17.5 Å². The zero-order valence-corrected chi connectivity index (χ0v) is 10.5. The summed E-state index contributed by atoms with van der Waals surface area (Å²) in [4.78, 5) is 14.1. The van der Waals surface area contributed by atoms with E-state index in [9.17, 15) is 0 Å². The van der Waals surface area contributed by atoms with Crippen molar-refractivity contribution in [1.82, 2.24) is 15.0 Å². The highest BCUT2D eigenvalue weighted by Crippen LogP contribution is 2.18. The second-order valence-corrected chi connectivity index (χ2v) is 5.03. The first-order valence-corrected chi connectivity index (χ1v) is 6.55. The van der Waals surface area contributed by atoms with E-state index in [1.54, 1.807) is 17.5 Å². The summed E-state index contributed by atoms with van der Waals surface area (Å²) in [5.74, 6) is 0. The largest absolute Gasteiger partial charge is 0.322 e. The lowest BCUT2D eigenvalue weighted by Gasteiger charge is -2.09. The van der Waals surface area contributed by atoms with E-state index in [1.807, 2.05) is 36.0 Å². The molecule has 2 aromatic heterocycles. The van der Waals surface area contributed by atoms with Gasteiger partial charge >= 0.3 is 0 Å². The molecule has 0 spiro atoms. The van der Waals surface area contributed by atoms with E-state index in [4.69, 9.17) is 5.73 Å². The zero-order chi connectivity index (χ0) is 12.4. The predicted octanol–water partition coefficient (Wildman–Crippen LogP) is 2.33. The van der Waals surface area contributed by atoms with Crippen molar-refractivity contribution in [3.8, 4) is 0 Å². The smallest absolute Gasteiger partial charge is 0.0890 e. The van der Waals surface area contributed by atoms with E-state index in [0.717, 1.165) is 28.0 Å². The van der Waals surface area contributed by atoms with Gasteiger partial charge in [0.15, 0.2) is 0 Å². The van der Waals surface area contributed by atoms with Crippen LogP contribution in [0, 0.1) is 0 Å². The Balaban J connectivity index is 1.89. The van der Waals surface area contributed by atoms with Crippen molar-refractivity contribution in [3.05, 3.63) is 52.7 Å². The minimum absolute atomic E-state index is 0.137. The molecule has 0 radical (unpaired) electrons. The summed E-state index contributed by atoms with van der Waals surface area (Å²) in [5, 5.41) is 0. The van der Waals surface area contributed by atoms with Crippen molar-refractivity contribution in [3.63, 3.8) is 0 Å². The standard InChI is InChI=1S/C13H12N4S/c14-10(5-9-6-15-8-18-9)13-7-16-11-3-1-2-4-12(11)17-13/h1-4,6-8,10H,5,14H2. The molecule has 0 aliphatic heterocycles. The molecule has 5 heteroatoms. The molecule has 0 fully saturated rings. The van der Waals surface area contributed by atoms with Gasteiger partial charge in [-0.2, -0.15) is 0 Å². The van der Waals surface area contributed by atoms with Gasteiger partial charge in [-0.3, -0.25) is 9.97 Å². The van der Waals surface area contributed by atoms with Crippen LogP contribution in [-0.2, 0) is 6.42 Å². The fraction of sp³-hybridized carbons (Fsp3) is 0.154. The number of nitrogens with two attached hydrogens (primary N) is 1. The third-order valence-electron chi connectivity index (χ3n) is 2.75. The second kappa shape index (κ2) is 4.80. The molecule has 3 rings (SSSR count). The van der Waals surface area contributed by atoms with Gasteiger partial charge in [-0.25, -0.2) is 4.98 Å². The Morgan fingerprint density at radius 3 is 2.78 bits per heavy atom. The number of rotatable bonds is 3. The lowest BCUT2D eigenvalue weighted by atomic mass is 10.1. The molecule has 18 heavy (non-hydrogen) atoms. The summed E-state index contributed by atoms with van der Waals surface area (Å²) in [6.07, 6.45) is 4.35. The highest BCUT2D eigenvalue weighted by Gasteiger charge is 2.10. The van der Waals surface area contributed by atoms with E-state index in [0.29, 0.717) is 0 Å². The van der Waals surface area contributed by atoms with Gasteiger partial charge in [0.1, 0.15) is 0 Å². The fourth-order valence-corrected chi connectivity index (χ4v) is 2.47. The van der Waals surface area contributed by atoms with Crippen LogP contribution in [0.5, 0.6) is 0 Å². The van der Waals surface area contributed by atoms with Crippen molar-refractivity contribution >= 4 is 22.4 Å². The van der Waals surface area contributed by atoms with E-state index in [1.165, 1.54) is 0 Å². The first kappa shape index (κ1) is 11.3. The van der Waals surface area contributed by atoms with E-state index in [2.05, 4.69) is 15.0 Å². The quantitative estimate of drug-likeness (QED) is 0.781. The maximum absolute atomic E-state index is 6.15. The minimum atomic E-state index is -0.137. The number of para-hydroxylation sites is 2. The number of nitrogens with zero attached hydrogens (tertiary/aromatic N) is 3. The second-order valence-electron chi connectivity index (χ2n) is 4.06. The molecule has 1 atom stereocenters. The molecule has 2 heterocycles. The molecule has 2 N–H and O–H groups in total. The van der Waals surface area contributed by atoms with Crippen LogP contribution in [0.15, 0.2) is 42.2 Å². The van der Waals surface area contributed by atoms with Crippen LogP contribution in [0.25, 0.3) is 11.0 Å². The van der Waals surface area contributed by atoms with Crippen molar-refractivity contribution in [2.45, 2.75) is 12.5 Å². The molecule has 0 bridgehead atoms. The molecule has 0 amide bonds. The third-order valence-corrected chi connectivity index (χ3v) is 3.55. The summed E-state index contributed by atoms with van der Waals surface area (Å²) < 4.78 is 0. The van der Waals surface area contributed by atoms with Crippen molar-refractivity contribution in [2.75, 3.05) is 0 Å². The number of thiazole rings is 1. The summed E-state index contributed by atoms with van der Waals surface area (Å²) in [6.45, 7) is 0. The van der Waals surface area contributed by atoms with Gasteiger partial charge in [0.2, 0.25) is 0 Å². The van der Waals surface area contributed by atoms with E-state index < -0.39 is 0 Å². The molecule has 4 nitrogen and oxygen atoms in total. The number of hydrogen-bond donors (Lipinski definition) is 1. The first-order valence-electron chi connectivity index (χ1n) is 5.67. The lowest BCUT2D eigenvalue weighted by Crippen LogP contribution is -2.14. The summed E-state index contributed by atoms with van der Waals surface area (Å²) in [5.41, 5.74) is 10.6. The van der Waals surface area contributed by atoms with Crippen LogP contribution < -0.4 is 5.73 Å². The number of fused-ring (bicyclic) bond motifs is 1. The van der Waals surface area contributed by atoms with Gasteiger partial charge < -0.3 is 5.73 Å². The minimum Gasteiger partial charge on any atom is -0.322 e. The topological polar surface area (TPSA) is 64.7 Å². The average Bonchev–Trinajstić information content (AvgIpc) is 2.91. The first-order chi connectivity index (χ1) is 8.83. The molecule has 1 unspecified atom stereocenters. The van der Waals surface area contributed by atoms with Gasteiger partial charge in [-0.15, -0.1) is 11.3 Å². The predicted molar refractivity (Wildman–Crippen MR) is 72.3 cm³/mol. The molecule has 1 aromatic carbocycles. The number of benzene rings is 1. The van der Waals surface area contributed by atoms with Gasteiger partial charge in [-0.05, 0) is 12.1 Å². The lowest BCUT2D eigenvalue weighted by molar-refractivity contribution is 0.702. The molecule has 0 saturated heterocycles. The molecular formula is C13H12N4S. The Hall–Kier alpha value is -1.85. The maximum Gasteiger partial charge on any atom is 0.0890 e.